The Kier molecular flexibility index (Phi) is 2.62. The van der Waals surface area contributed by atoms with Crippen LogP contribution in [-0.2, 0) is 9.53 Å². The minimum Gasteiger partial charge on any atom is -0.463 e. The van der Waals surface area contributed by atoms with E-state index in [2.05, 4.69) is 0 Å². The Bertz CT molecular complexity index is 256. The Morgan fingerprint density at radius 2 is 1.71 bits per heavy atom. The zero-order valence-electron chi connectivity index (χ0n) is 9.01. The lowest BCUT2D eigenvalue weighted by atomic mass is 10.00. The van der Waals surface area contributed by atoms with Gasteiger partial charge >= 0.3 is 5.97 Å². The van der Waals surface area contributed by atoms with Crippen molar-refractivity contribution in [3.05, 3.63) is 11.1 Å². The topological polar surface area (TPSA) is 26.3 Å². The van der Waals surface area contributed by atoms with Gasteiger partial charge in [0.15, 0.2) is 0 Å². The van der Waals surface area contributed by atoms with Crippen LogP contribution in [0.2, 0.25) is 0 Å². The molecule has 0 amide bonds. The molecule has 0 saturated heterocycles. The van der Waals surface area contributed by atoms with Gasteiger partial charge in [-0.25, -0.2) is 4.79 Å². The molecule has 0 unspecified atom stereocenters. The predicted molar refractivity (Wildman–Crippen MR) is 54.8 cm³/mol. The number of allylic oxidation sites excluding steroid dienone is 1. The molecular weight excluding hydrogens is 176 g/mol. The van der Waals surface area contributed by atoms with Crippen molar-refractivity contribution in [1.82, 2.24) is 0 Å². The summed E-state index contributed by atoms with van der Waals surface area (Å²) in [6.45, 7) is 4.28. The Morgan fingerprint density at radius 1 is 1.21 bits per heavy atom. The maximum Gasteiger partial charge on any atom is 0.333 e. The van der Waals surface area contributed by atoms with E-state index in [9.17, 15) is 4.79 Å². The van der Waals surface area contributed by atoms with Crippen molar-refractivity contribution >= 4 is 5.97 Å². The third-order valence-corrected chi connectivity index (χ3v) is 3.05. The Morgan fingerprint density at radius 3 is 2.07 bits per heavy atom. The van der Waals surface area contributed by atoms with Crippen LogP contribution in [0.15, 0.2) is 11.1 Å². The van der Waals surface area contributed by atoms with Gasteiger partial charge < -0.3 is 4.74 Å². The van der Waals surface area contributed by atoms with Gasteiger partial charge in [0.25, 0.3) is 0 Å². The van der Waals surface area contributed by atoms with E-state index in [0.29, 0.717) is 18.4 Å². The molecule has 0 aromatic carbocycles. The van der Waals surface area contributed by atoms with E-state index >= 15 is 0 Å². The zero-order chi connectivity index (χ0) is 10.1. The molecule has 14 heavy (non-hydrogen) atoms. The molecular formula is C12H18O2. The zero-order valence-corrected chi connectivity index (χ0v) is 9.01. The summed E-state index contributed by atoms with van der Waals surface area (Å²) in [6.07, 6.45) is 5.12. The summed E-state index contributed by atoms with van der Waals surface area (Å²) in [5.41, 5.74) is 2.32. The minimum atomic E-state index is -0.0960. The molecule has 0 aromatic heterocycles. The van der Waals surface area contributed by atoms with Crippen LogP contribution in [0.4, 0.5) is 0 Å². The van der Waals surface area contributed by atoms with Crippen LogP contribution in [0, 0.1) is 11.8 Å². The number of hydrogen-bond donors (Lipinski definition) is 0. The average Bonchev–Trinajstić information content (AvgIpc) is 2.99. The highest BCUT2D eigenvalue weighted by molar-refractivity contribution is 5.89. The van der Waals surface area contributed by atoms with Gasteiger partial charge in [-0.05, 0) is 51.4 Å². The van der Waals surface area contributed by atoms with Crippen molar-refractivity contribution in [1.29, 1.82) is 0 Å². The van der Waals surface area contributed by atoms with Gasteiger partial charge in [0.2, 0.25) is 0 Å². The van der Waals surface area contributed by atoms with E-state index in [4.69, 9.17) is 4.74 Å². The van der Waals surface area contributed by atoms with Gasteiger partial charge in [-0.1, -0.05) is 5.57 Å². The van der Waals surface area contributed by atoms with Crippen LogP contribution < -0.4 is 0 Å². The molecule has 0 radical (unpaired) electrons. The molecule has 2 heteroatoms. The molecule has 0 aromatic rings. The monoisotopic (exact) mass is 194 g/mol. The van der Waals surface area contributed by atoms with Gasteiger partial charge in [0, 0.05) is 5.57 Å². The molecule has 0 N–H and O–H groups in total. The normalized spacial score (nSPS) is 20.4. The van der Waals surface area contributed by atoms with Crippen molar-refractivity contribution in [3.63, 3.8) is 0 Å². The SMILES string of the molecule is CCOC(=O)C(C)=C(C1CC1)C1CC1. The van der Waals surface area contributed by atoms with Gasteiger partial charge in [0.1, 0.15) is 0 Å². The third kappa shape index (κ3) is 1.99. The van der Waals surface area contributed by atoms with Crippen molar-refractivity contribution in [2.75, 3.05) is 6.61 Å². The molecule has 2 rings (SSSR count). The van der Waals surface area contributed by atoms with E-state index in [1.54, 1.807) is 0 Å². The molecule has 0 spiro atoms. The van der Waals surface area contributed by atoms with Crippen LogP contribution >= 0.6 is 0 Å². The first kappa shape index (κ1) is 9.75. The maximum absolute atomic E-state index is 11.6. The molecule has 2 fully saturated rings. The highest BCUT2D eigenvalue weighted by Gasteiger charge is 2.38. The molecule has 2 nitrogen and oxygen atoms in total. The molecule has 0 heterocycles. The van der Waals surface area contributed by atoms with Crippen molar-refractivity contribution in [2.24, 2.45) is 11.8 Å². The first-order valence-corrected chi connectivity index (χ1v) is 5.61. The van der Waals surface area contributed by atoms with Crippen molar-refractivity contribution < 1.29 is 9.53 Å². The second-order valence-corrected chi connectivity index (χ2v) is 4.35. The second-order valence-electron chi connectivity index (χ2n) is 4.35. The summed E-state index contributed by atoms with van der Waals surface area (Å²) < 4.78 is 5.04. The van der Waals surface area contributed by atoms with E-state index < -0.39 is 0 Å². The summed E-state index contributed by atoms with van der Waals surface area (Å²) in [7, 11) is 0. The number of carbonyl (C=O) groups is 1. The fraction of sp³-hybridized carbons (Fsp3) is 0.750. The molecule has 2 aliphatic carbocycles. The second kappa shape index (κ2) is 3.76. The first-order chi connectivity index (χ1) is 6.74. The predicted octanol–water partition coefficient (Wildman–Crippen LogP) is 2.69. The quantitative estimate of drug-likeness (QED) is 0.508. The molecule has 2 saturated carbocycles. The van der Waals surface area contributed by atoms with Crippen LogP contribution in [0.3, 0.4) is 0 Å². The standard InChI is InChI=1S/C12H18O2/c1-3-14-12(13)8(2)11(9-4-5-9)10-6-7-10/h9-10H,3-7H2,1-2H3. The van der Waals surface area contributed by atoms with Crippen molar-refractivity contribution in [3.8, 4) is 0 Å². The summed E-state index contributed by atoms with van der Waals surface area (Å²) in [5.74, 6) is 1.33. The maximum atomic E-state index is 11.6. The number of esters is 1. The molecule has 0 bridgehead atoms. The average molecular weight is 194 g/mol. The van der Waals surface area contributed by atoms with E-state index in [1.165, 1.54) is 31.3 Å². The van der Waals surface area contributed by atoms with E-state index in [0.717, 1.165) is 5.57 Å². The highest BCUT2D eigenvalue weighted by atomic mass is 16.5. The van der Waals surface area contributed by atoms with Gasteiger partial charge in [-0.2, -0.15) is 0 Å². The first-order valence-electron chi connectivity index (χ1n) is 5.61. The van der Waals surface area contributed by atoms with Gasteiger partial charge in [-0.3, -0.25) is 0 Å². The van der Waals surface area contributed by atoms with Gasteiger partial charge in [-0.15, -0.1) is 0 Å². The van der Waals surface area contributed by atoms with Crippen molar-refractivity contribution in [2.45, 2.75) is 39.5 Å². The summed E-state index contributed by atoms with van der Waals surface area (Å²) in [6, 6.07) is 0. The van der Waals surface area contributed by atoms with Gasteiger partial charge in [0.05, 0.1) is 6.61 Å². The number of ether oxygens (including phenoxy) is 1. The third-order valence-electron chi connectivity index (χ3n) is 3.05. The van der Waals surface area contributed by atoms with Crippen LogP contribution in [0.25, 0.3) is 0 Å². The number of rotatable bonds is 4. The summed E-state index contributed by atoms with van der Waals surface area (Å²) in [4.78, 5) is 11.6. The van der Waals surface area contributed by atoms with E-state index in [1.807, 2.05) is 13.8 Å². The molecule has 2 aliphatic rings. The number of hydrogen-bond acceptors (Lipinski definition) is 2. The summed E-state index contributed by atoms with van der Waals surface area (Å²) >= 11 is 0. The lowest BCUT2D eigenvalue weighted by molar-refractivity contribution is -0.138. The van der Waals surface area contributed by atoms with Crippen LogP contribution in [0.1, 0.15) is 39.5 Å². The Labute approximate surface area is 85.3 Å². The molecule has 0 aliphatic heterocycles. The van der Waals surface area contributed by atoms with Crippen LogP contribution in [0.5, 0.6) is 0 Å². The lowest BCUT2D eigenvalue weighted by Crippen LogP contribution is -2.09. The largest absolute Gasteiger partial charge is 0.463 e. The summed E-state index contributed by atoms with van der Waals surface area (Å²) in [5, 5.41) is 0. The highest BCUT2D eigenvalue weighted by Crippen LogP contribution is 2.50. The minimum absolute atomic E-state index is 0.0960. The smallest absolute Gasteiger partial charge is 0.333 e. The lowest BCUT2D eigenvalue weighted by Gasteiger charge is -2.09. The molecule has 78 valence electrons. The van der Waals surface area contributed by atoms with Crippen LogP contribution in [-0.4, -0.2) is 12.6 Å². The molecule has 0 atom stereocenters. The fourth-order valence-electron chi connectivity index (χ4n) is 2.09. The Balaban J connectivity index is 2.11. The fourth-order valence-corrected chi connectivity index (χ4v) is 2.09. The Hall–Kier alpha value is -0.790. The van der Waals surface area contributed by atoms with E-state index in [-0.39, 0.29) is 5.97 Å². The number of carbonyl (C=O) groups excluding carboxylic acids is 1.